The third-order valence-corrected chi connectivity index (χ3v) is 4.48. The number of nitrogens with zero attached hydrogens (tertiary/aromatic N) is 2. The van der Waals surface area contributed by atoms with Crippen molar-refractivity contribution in [3.8, 4) is 22.8 Å². The fraction of sp³-hybridized carbons (Fsp3) is 0.235. The quantitative estimate of drug-likeness (QED) is 0.719. The van der Waals surface area contributed by atoms with E-state index >= 15 is 0 Å². The van der Waals surface area contributed by atoms with Crippen LogP contribution in [0.25, 0.3) is 22.2 Å². The summed E-state index contributed by atoms with van der Waals surface area (Å²) in [6, 6.07) is 9.98. The molecule has 2 heterocycles. The van der Waals surface area contributed by atoms with Gasteiger partial charge in [0.2, 0.25) is 0 Å². The van der Waals surface area contributed by atoms with E-state index in [1.165, 1.54) is 5.56 Å². The van der Waals surface area contributed by atoms with Crippen molar-refractivity contribution in [3.63, 3.8) is 0 Å². The Morgan fingerprint density at radius 2 is 1.91 bits per heavy atom. The van der Waals surface area contributed by atoms with Crippen molar-refractivity contribution in [2.24, 2.45) is 0 Å². The highest BCUT2D eigenvalue weighted by Gasteiger charge is 2.23. The molecule has 22 heavy (non-hydrogen) atoms. The van der Waals surface area contributed by atoms with Gasteiger partial charge in [-0.05, 0) is 30.2 Å². The van der Waals surface area contributed by atoms with Gasteiger partial charge in [0.05, 0.1) is 24.9 Å². The maximum Gasteiger partial charge on any atom is 0.161 e. The minimum Gasteiger partial charge on any atom is -0.493 e. The van der Waals surface area contributed by atoms with E-state index in [-0.39, 0.29) is 0 Å². The van der Waals surface area contributed by atoms with Gasteiger partial charge in [-0.3, -0.25) is 4.68 Å². The molecule has 0 amide bonds. The molecule has 0 fully saturated rings. The first-order valence-electron chi connectivity index (χ1n) is 7.13. The Balaban J connectivity index is 2.04. The van der Waals surface area contributed by atoms with Gasteiger partial charge >= 0.3 is 0 Å². The van der Waals surface area contributed by atoms with Crippen molar-refractivity contribution >= 4 is 22.5 Å². The molecular weight excluding hydrogens is 300 g/mol. The molecule has 4 nitrogen and oxygen atoms in total. The topological polar surface area (TPSA) is 36.3 Å². The summed E-state index contributed by atoms with van der Waals surface area (Å²) >= 11 is 6.29. The molecule has 0 unspecified atom stereocenters. The first-order valence-corrected chi connectivity index (χ1v) is 7.51. The second kappa shape index (κ2) is 4.92. The molecule has 112 valence electrons. The Morgan fingerprint density at radius 1 is 1.14 bits per heavy atom. The highest BCUT2D eigenvalue weighted by Crippen LogP contribution is 2.41. The fourth-order valence-corrected chi connectivity index (χ4v) is 3.35. The van der Waals surface area contributed by atoms with Gasteiger partial charge in [-0.2, -0.15) is 5.10 Å². The normalized spacial score (nSPS) is 12.9. The lowest BCUT2D eigenvalue weighted by atomic mass is 9.96. The molecule has 0 radical (unpaired) electrons. The Morgan fingerprint density at radius 3 is 2.68 bits per heavy atom. The van der Waals surface area contributed by atoms with E-state index in [0.29, 0.717) is 5.02 Å². The summed E-state index contributed by atoms with van der Waals surface area (Å²) in [5.41, 5.74) is 4.32. The lowest BCUT2D eigenvalue weighted by molar-refractivity contribution is 0.354. The predicted octanol–water partition coefficient (Wildman–Crippen LogP) is 3.93. The van der Waals surface area contributed by atoms with Crippen LogP contribution in [0, 0.1) is 0 Å². The molecule has 5 heteroatoms. The predicted molar refractivity (Wildman–Crippen MR) is 87.0 cm³/mol. The standard InChI is InChI=1S/C17H15ClN2O2/c1-21-14-8-10-6-7-20-17(12(10)9-15(14)22-2)11-4-3-5-13(18)16(11)19-20/h3-5,8-9H,6-7H2,1-2H3. The van der Waals surface area contributed by atoms with Gasteiger partial charge in [-0.1, -0.05) is 23.7 Å². The second-order valence-corrected chi connectivity index (χ2v) is 5.73. The second-order valence-electron chi connectivity index (χ2n) is 5.32. The largest absolute Gasteiger partial charge is 0.493 e. The van der Waals surface area contributed by atoms with E-state index < -0.39 is 0 Å². The van der Waals surface area contributed by atoms with Crippen molar-refractivity contribution in [2.75, 3.05) is 14.2 Å². The monoisotopic (exact) mass is 314 g/mol. The zero-order chi connectivity index (χ0) is 15.3. The molecule has 0 N–H and O–H groups in total. The lowest BCUT2D eigenvalue weighted by Crippen LogP contribution is -2.12. The smallest absolute Gasteiger partial charge is 0.161 e. The third kappa shape index (κ3) is 1.80. The molecule has 0 bridgehead atoms. The van der Waals surface area contributed by atoms with Gasteiger partial charge in [-0.25, -0.2) is 0 Å². The summed E-state index contributed by atoms with van der Waals surface area (Å²) in [5, 5.41) is 6.41. The zero-order valence-corrected chi connectivity index (χ0v) is 13.1. The SMILES string of the molecule is COc1cc2c(cc1OC)-c1c3cccc(Cl)c3nn1CC2. The summed E-state index contributed by atoms with van der Waals surface area (Å²) in [5.74, 6) is 1.49. The minimum absolute atomic E-state index is 0.682. The number of rotatable bonds is 2. The van der Waals surface area contributed by atoms with E-state index in [4.69, 9.17) is 21.1 Å². The Bertz CT molecular complexity index is 886. The fourth-order valence-electron chi connectivity index (χ4n) is 3.14. The average Bonchev–Trinajstić information content (AvgIpc) is 2.94. The summed E-state index contributed by atoms with van der Waals surface area (Å²) in [4.78, 5) is 0. The van der Waals surface area contributed by atoms with Crippen LogP contribution in [0.3, 0.4) is 0 Å². The molecule has 0 aliphatic carbocycles. The summed E-state index contributed by atoms with van der Waals surface area (Å²) in [6.45, 7) is 0.836. The molecule has 4 rings (SSSR count). The maximum atomic E-state index is 6.29. The molecule has 1 aliphatic heterocycles. The molecule has 1 aromatic heterocycles. The molecular formula is C17H15ClN2O2. The van der Waals surface area contributed by atoms with E-state index in [1.54, 1.807) is 14.2 Å². The maximum absolute atomic E-state index is 6.29. The highest BCUT2D eigenvalue weighted by molar-refractivity contribution is 6.35. The van der Waals surface area contributed by atoms with E-state index in [9.17, 15) is 0 Å². The molecule has 3 aromatic rings. The van der Waals surface area contributed by atoms with E-state index in [0.717, 1.165) is 46.6 Å². The number of halogens is 1. The van der Waals surface area contributed by atoms with Crippen LogP contribution in [0.4, 0.5) is 0 Å². The van der Waals surface area contributed by atoms with Gasteiger partial charge in [0.1, 0.15) is 5.52 Å². The van der Waals surface area contributed by atoms with Crippen LogP contribution < -0.4 is 9.47 Å². The van der Waals surface area contributed by atoms with Gasteiger partial charge in [0, 0.05) is 17.5 Å². The van der Waals surface area contributed by atoms with Gasteiger partial charge in [0.25, 0.3) is 0 Å². The van der Waals surface area contributed by atoms with Gasteiger partial charge in [-0.15, -0.1) is 0 Å². The minimum atomic E-state index is 0.682. The van der Waals surface area contributed by atoms with Crippen molar-refractivity contribution in [1.82, 2.24) is 9.78 Å². The van der Waals surface area contributed by atoms with Crippen LogP contribution in [0.1, 0.15) is 5.56 Å². The van der Waals surface area contributed by atoms with Crippen molar-refractivity contribution in [1.29, 1.82) is 0 Å². The number of hydrogen-bond donors (Lipinski definition) is 0. The number of hydrogen-bond acceptors (Lipinski definition) is 3. The molecule has 0 saturated heterocycles. The molecule has 0 spiro atoms. The lowest BCUT2D eigenvalue weighted by Gasteiger charge is -2.20. The van der Waals surface area contributed by atoms with Crippen LogP contribution in [-0.2, 0) is 13.0 Å². The van der Waals surface area contributed by atoms with Crippen molar-refractivity contribution in [2.45, 2.75) is 13.0 Å². The molecule has 0 saturated carbocycles. The number of benzene rings is 2. The van der Waals surface area contributed by atoms with Gasteiger partial charge in [0.15, 0.2) is 11.5 Å². The van der Waals surface area contributed by atoms with Crippen LogP contribution in [0.5, 0.6) is 11.5 Å². The van der Waals surface area contributed by atoms with Crippen molar-refractivity contribution < 1.29 is 9.47 Å². The molecule has 1 aliphatic rings. The van der Waals surface area contributed by atoms with Crippen LogP contribution in [-0.4, -0.2) is 24.0 Å². The van der Waals surface area contributed by atoms with E-state index in [1.807, 2.05) is 22.9 Å². The molecule has 2 aromatic carbocycles. The number of aryl methyl sites for hydroxylation is 2. The highest BCUT2D eigenvalue weighted by atomic mass is 35.5. The Kier molecular flexibility index (Phi) is 3.01. The summed E-state index contributed by atoms with van der Waals surface area (Å²) in [6.07, 6.45) is 0.911. The third-order valence-electron chi connectivity index (χ3n) is 4.18. The number of aromatic nitrogens is 2. The molecule has 0 atom stereocenters. The Labute approximate surface area is 133 Å². The number of fused-ring (bicyclic) bond motifs is 5. The number of ether oxygens (including phenoxy) is 2. The average molecular weight is 315 g/mol. The zero-order valence-electron chi connectivity index (χ0n) is 12.4. The van der Waals surface area contributed by atoms with Crippen LogP contribution >= 0.6 is 11.6 Å². The van der Waals surface area contributed by atoms with Crippen LogP contribution in [0.2, 0.25) is 5.02 Å². The Hall–Kier alpha value is -2.20. The summed E-state index contributed by atoms with van der Waals surface area (Å²) < 4.78 is 12.9. The summed E-state index contributed by atoms with van der Waals surface area (Å²) in [7, 11) is 3.31. The van der Waals surface area contributed by atoms with E-state index in [2.05, 4.69) is 17.2 Å². The first kappa shape index (κ1) is 13.5. The number of methoxy groups -OCH3 is 2. The van der Waals surface area contributed by atoms with Crippen molar-refractivity contribution in [3.05, 3.63) is 40.9 Å². The van der Waals surface area contributed by atoms with Crippen LogP contribution in [0.15, 0.2) is 30.3 Å². The van der Waals surface area contributed by atoms with Gasteiger partial charge < -0.3 is 9.47 Å². The first-order chi connectivity index (χ1) is 10.7.